The highest BCUT2D eigenvalue weighted by Gasteiger charge is 2.19. The zero-order valence-electron chi connectivity index (χ0n) is 12.3. The second-order valence-electron chi connectivity index (χ2n) is 4.58. The summed E-state index contributed by atoms with van der Waals surface area (Å²) in [6, 6.07) is 9.44. The van der Waals surface area contributed by atoms with Crippen molar-refractivity contribution in [1.29, 1.82) is 0 Å². The molecule has 0 atom stereocenters. The van der Waals surface area contributed by atoms with Gasteiger partial charge in [0.15, 0.2) is 0 Å². The molecule has 0 saturated heterocycles. The molecule has 1 aromatic carbocycles. The Hall–Kier alpha value is -2.03. The summed E-state index contributed by atoms with van der Waals surface area (Å²) in [6.07, 6.45) is 2.77. The largest absolute Gasteiger partial charge is 0.462 e. The van der Waals surface area contributed by atoms with E-state index in [9.17, 15) is 4.79 Å². The van der Waals surface area contributed by atoms with E-state index in [0.717, 1.165) is 30.4 Å². The maximum atomic E-state index is 12.1. The normalized spacial score (nSPS) is 11.7. The predicted octanol–water partition coefficient (Wildman–Crippen LogP) is 3.67. The Morgan fingerprint density at radius 3 is 2.45 bits per heavy atom. The molecule has 3 heteroatoms. The molecule has 0 bridgehead atoms. The summed E-state index contributed by atoms with van der Waals surface area (Å²) in [5, 5.41) is 0. The molecule has 0 fully saturated rings. The van der Waals surface area contributed by atoms with Gasteiger partial charge in [0.25, 0.3) is 0 Å². The van der Waals surface area contributed by atoms with Crippen LogP contribution in [0.2, 0.25) is 0 Å². The highest BCUT2D eigenvalue weighted by molar-refractivity contribution is 6.01. The number of carbonyl (C=O) groups excluding carboxylic acids is 1. The fourth-order valence-electron chi connectivity index (χ4n) is 1.93. The molecule has 3 nitrogen and oxygen atoms in total. The van der Waals surface area contributed by atoms with Gasteiger partial charge < -0.3 is 10.5 Å². The van der Waals surface area contributed by atoms with Crippen LogP contribution in [0.4, 0.5) is 0 Å². The highest BCUT2D eigenvalue weighted by atomic mass is 16.5. The van der Waals surface area contributed by atoms with Crippen LogP contribution in [0.3, 0.4) is 0 Å². The SMILES string of the molecule is C=C(CCCC)/C(C(=O)OCC)=C(\N)c1ccccc1. The molecular formula is C17H23NO2. The molecule has 0 saturated carbocycles. The Morgan fingerprint density at radius 1 is 1.25 bits per heavy atom. The van der Waals surface area contributed by atoms with E-state index in [1.54, 1.807) is 6.92 Å². The van der Waals surface area contributed by atoms with Crippen LogP contribution in [0.5, 0.6) is 0 Å². The van der Waals surface area contributed by atoms with Crippen molar-refractivity contribution in [2.75, 3.05) is 6.61 Å². The van der Waals surface area contributed by atoms with E-state index in [1.165, 1.54) is 0 Å². The van der Waals surface area contributed by atoms with Crippen molar-refractivity contribution in [3.63, 3.8) is 0 Å². The van der Waals surface area contributed by atoms with Crippen LogP contribution < -0.4 is 5.73 Å². The van der Waals surface area contributed by atoms with Gasteiger partial charge in [-0.05, 0) is 30.9 Å². The molecule has 0 heterocycles. The van der Waals surface area contributed by atoms with Gasteiger partial charge in [0.2, 0.25) is 0 Å². The molecule has 0 aliphatic rings. The van der Waals surface area contributed by atoms with Crippen molar-refractivity contribution in [2.24, 2.45) is 5.73 Å². The summed E-state index contributed by atoms with van der Waals surface area (Å²) >= 11 is 0. The first kappa shape index (κ1) is 16.0. The number of ether oxygens (including phenoxy) is 1. The van der Waals surface area contributed by atoms with Gasteiger partial charge in [-0.1, -0.05) is 50.3 Å². The van der Waals surface area contributed by atoms with E-state index in [0.29, 0.717) is 17.9 Å². The van der Waals surface area contributed by atoms with E-state index in [1.807, 2.05) is 30.3 Å². The van der Waals surface area contributed by atoms with Crippen LogP contribution in [0.25, 0.3) is 5.70 Å². The Morgan fingerprint density at radius 2 is 1.90 bits per heavy atom. The van der Waals surface area contributed by atoms with Gasteiger partial charge in [0.1, 0.15) is 0 Å². The fourth-order valence-corrected chi connectivity index (χ4v) is 1.93. The number of hydrogen-bond donors (Lipinski definition) is 1. The summed E-state index contributed by atoms with van der Waals surface area (Å²) in [4.78, 5) is 12.1. The summed E-state index contributed by atoms with van der Waals surface area (Å²) in [5.41, 5.74) is 8.56. The maximum absolute atomic E-state index is 12.1. The number of hydrogen-bond acceptors (Lipinski definition) is 3. The molecule has 2 N–H and O–H groups in total. The zero-order chi connectivity index (χ0) is 15.0. The van der Waals surface area contributed by atoms with Crippen molar-refractivity contribution in [3.8, 4) is 0 Å². The topological polar surface area (TPSA) is 52.3 Å². The van der Waals surface area contributed by atoms with Crippen LogP contribution >= 0.6 is 0 Å². The quantitative estimate of drug-likeness (QED) is 0.468. The minimum Gasteiger partial charge on any atom is -0.462 e. The lowest BCUT2D eigenvalue weighted by atomic mass is 9.97. The molecule has 108 valence electrons. The van der Waals surface area contributed by atoms with Gasteiger partial charge >= 0.3 is 5.97 Å². The molecule has 0 aliphatic carbocycles. The maximum Gasteiger partial charge on any atom is 0.340 e. The van der Waals surface area contributed by atoms with Crippen LogP contribution in [-0.4, -0.2) is 12.6 Å². The monoisotopic (exact) mass is 273 g/mol. The number of rotatable bonds is 7. The molecule has 0 aliphatic heterocycles. The van der Waals surface area contributed by atoms with E-state index in [-0.39, 0.29) is 0 Å². The van der Waals surface area contributed by atoms with E-state index in [4.69, 9.17) is 10.5 Å². The minimum absolute atomic E-state index is 0.325. The molecule has 0 radical (unpaired) electrons. The van der Waals surface area contributed by atoms with E-state index < -0.39 is 5.97 Å². The van der Waals surface area contributed by atoms with E-state index >= 15 is 0 Å². The van der Waals surface area contributed by atoms with Gasteiger partial charge in [-0.3, -0.25) is 0 Å². The Kier molecular flexibility index (Phi) is 6.57. The molecule has 1 aromatic rings. The third-order valence-corrected chi connectivity index (χ3v) is 3.02. The highest BCUT2D eigenvalue weighted by Crippen LogP contribution is 2.23. The first-order valence-electron chi connectivity index (χ1n) is 7.02. The molecule has 1 rings (SSSR count). The Balaban J connectivity index is 3.15. The second-order valence-corrected chi connectivity index (χ2v) is 4.58. The third kappa shape index (κ3) is 4.26. The predicted molar refractivity (Wildman–Crippen MR) is 82.8 cm³/mol. The van der Waals surface area contributed by atoms with Crippen LogP contribution in [0.1, 0.15) is 38.7 Å². The fraction of sp³-hybridized carbons (Fsp3) is 0.353. The second kappa shape index (κ2) is 8.20. The third-order valence-electron chi connectivity index (χ3n) is 3.02. The van der Waals surface area contributed by atoms with Crippen LogP contribution in [0.15, 0.2) is 48.1 Å². The van der Waals surface area contributed by atoms with Crippen molar-refractivity contribution >= 4 is 11.7 Å². The summed E-state index contributed by atoms with van der Waals surface area (Å²) in [6.45, 7) is 8.21. The lowest BCUT2D eigenvalue weighted by molar-refractivity contribution is -0.138. The van der Waals surface area contributed by atoms with Gasteiger partial charge in [-0.25, -0.2) is 4.79 Å². The van der Waals surface area contributed by atoms with Crippen molar-refractivity contribution in [1.82, 2.24) is 0 Å². The smallest absolute Gasteiger partial charge is 0.340 e. The summed E-state index contributed by atoms with van der Waals surface area (Å²) in [7, 11) is 0. The van der Waals surface area contributed by atoms with Gasteiger partial charge in [-0.15, -0.1) is 0 Å². The van der Waals surface area contributed by atoms with Crippen molar-refractivity contribution < 1.29 is 9.53 Å². The zero-order valence-corrected chi connectivity index (χ0v) is 12.3. The first-order chi connectivity index (χ1) is 9.61. The lowest BCUT2D eigenvalue weighted by Crippen LogP contribution is -2.15. The van der Waals surface area contributed by atoms with Crippen molar-refractivity contribution in [2.45, 2.75) is 33.1 Å². The summed E-state index contributed by atoms with van der Waals surface area (Å²) < 4.78 is 5.11. The Labute approximate surface area is 121 Å². The minimum atomic E-state index is -0.394. The number of unbranched alkanes of at least 4 members (excludes halogenated alkanes) is 1. The number of esters is 1. The molecule has 0 aromatic heterocycles. The Bertz CT molecular complexity index is 489. The van der Waals surface area contributed by atoms with Gasteiger partial charge in [0.05, 0.1) is 17.9 Å². The number of carbonyl (C=O) groups is 1. The molecule has 0 spiro atoms. The number of nitrogens with two attached hydrogens (primary N) is 1. The van der Waals surface area contributed by atoms with Crippen LogP contribution in [0, 0.1) is 0 Å². The molecule has 0 unspecified atom stereocenters. The standard InChI is InChI=1S/C17H23NO2/c1-4-6-10-13(3)15(17(19)20-5-2)16(18)14-11-8-7-9-12-14/h7-9,11-12H,3-6,10,18H2,1-2H3/b16-15+. The van der Waals surface area contributed by atoms with Crippen LogP contribution in [-0.2, 0) is 9.53 Å². The molecular weight excluding hydrogens is 250 g/mol. The van der Waals surface area contributed by atoms with Crippen molar-refractivity contribution in [3.05, 3.63) is 53.6 Å². The van der Waals surface area contributed by atoms with E-state index in [2.05, 4.69) is 13.5 Å². The average Bonchev–Trinajstić information content (AvgIpc) is 2.46. The summed E-state index contributed by atoms with van der Waals surface area (Å²) in [5.74, 6) is -0.394. The lowest BCUT2D eigenvalue weighted by Gasteiger charge is -2.13. The average molecular weight is 273 g/mol. The first-order valence-corrected chi connectivity index (χ1v) is 7.02. The number of benzene rings is 1. The molecule has 20 heavy (non-hydrogen) atoms. The van der Waals surface area contributed by atoms with Gasteiger partial charge in [-0.2, -0.15) is 0 Å². The molecule has 0 amide bonds. The van der Waals surface area contributed by atoms with Gasteiger partial charge in [0, 0.05) is 0 Å².